The third-order valence-corrected chi connectivity index (χ3v) is 5.89. The fourth-order valence-electron chi connectivity index (χ4n) is 4.23. The van der Waals surface area contributed by atoms with E-state index < -0.39 is 0 Å². The highest BCUT2D eigenvalue weighted by Crippen LogP contribution is 2.28. The molecule has 0 saturated carbocycles. The van der Waals surface area contributed by atoms with Crippen molar-refractivity contribution in [3.63, 3.8) is 0 Å². The number of ether oxygens (including phenoxy) is 1. The lowest BCUT2D eigenvalue weighted by atomic mass is 10.2. The molecule has 1 aliphatic heterocycles. The molecule has 8 nitrogen and oxygen atoms in total. The number of fused-ring (bicyclic) bond motifs is 1. The first-order valence-corrected chi connectivity index (χ1v) is 10.6. The van der Waals surface area contributed by atoms with Crippen LogP contribution in [0.5, 0.6) is 5.75 Å². The summed E-state index contributed by atoms with van der Waals surface area (Å²) >= 11 is 0. The standard InChI is InChI=1S/C23H28N4O4/c1-31-21-9-5-4-8-20(21)25-13-10-24(11-14-25)12-15-27-22(29)18-6-2-3-7-19(18)26(16-17-28)23(27)30/h2-9,28H,10-17H2,1H3. The first-order valence-electron chi connectivity index (χ1n) is 10.6. The molecule has 1 fully saturated rings. The molecule has 2 heterocycles. The molecule has 0 radical (unpaired) electrons. The van der Waals surface area contributed by atoms with Crippen molar-refractivity contribution in [3.8, 4) is 5.75 Å². The summed E-state index contributed by atoms with van der Waals surface area (Å²) in [4.78, 5) is 30.4. The van der Waals surface area contributed by atoms with E-state index in [1.54, 1.807) is 31.4 Å². The van der Waals surface area contributed by atoms with Gasteiger partial charge in [-0.25, -0.2) is 4.79 Å². The van der Waals surface area contributed by atoms with E-state index in [4.69, 9.17) is 4.74 Å². The van der Waals surface area contributed by atoms with Gasteiger partial charge in [-0.05, 0) is 24.3 Å². The van der Waals surface area contributed by atoms with E-state index in [9.17, 15) is 14.7 Å². The molecule has 1 saturated heterocycles. The minimum absolute atomic E-state index is 0.160. The molecule has 0 spiro atoms. The van der Waals surface area contributed by atoms with Gasteiger partial charge in [0.05, 0.1) is 36.9 Å². The van der Waals surface area contributed by atoms with Gasteiger partial charge >= 0.3 is 5.69 Å². The number of aromatic nitrogens is 2. The van der Waals surface area contributed by atoms with Gasteiger partial charge in [0.2, 0.25) is 0 Å². The molecule has 8 heteroatoms. The summed E-state index contributed by atoms with van der Waals surface area (Å²) in [5, 5.41) is 9.88. The summed E-state index contributed by atoms with van der Waals surface area (Å²) < 4.78 is 8.25. The molecule has 0 unspecified atom stereocenters. The quantitative estimate of drug-likeness (QED) is 0.609. The first-order chi connectivity index (χ1) is 15.1. The number of aliphatic hydroxyl groups is 1. The van der Waals surface area contributed by atoms with Gasteiger partial charge in [0, 0.05) is 39.3 Å². The minimum atomic E-state index is -0.370. The molecule has 3 aromatic rings. The van der Waals surface area contributed by atoms with Gasteiger partial charge in [0.25, 0.3) is 5.56 Å². The molecule has 0 bridgehead atoms. The molecule has 0 atom stereocenters. The Labute approximate surface area is 180 Å². The zero-order valence-electron chi connectivity index (χ0n) is 17.7. The molecule has 0 amide bonds. The van der Waals surface area contributed by atoms with Crippen molar-refractivity contribution in [3.05, 3.63) is 69.4 Å². The lowest BCUT2D eigenvalue weighted by molar-refractivity contribution is 0.243. The zero-order valence-corrected chi connectivity index (χ0v) is 17.7. The molecular formula is C23H28N4O4. The van der Waals surface area contributed by atoms with Crippen LogP contribution in [-0.2, 0) is 13.1 Å². The topological polar surface area (TPSA) is 79.9 Å². The Kier molecular flexibility index (Phi) is 6.39. The molecule has 0 aliphatic carbocycles. The van der Waals surface area contributed by atoms with Crippen molar-refractivity contribution >= 4 is 16.6 Å². The van der Waals surface area contributed by atoms with Crippen LogP contribution in [0.15, 0.2) is 58.1 Å². The fourth-order valence-corrected chi connectivity index (χ4v) is 4.23. The van der Waals surface area contributed by atoms with Crippen molar-refractivity contribution < 1.29 is 9.84 Å². The third-order valence-electron chi connectivity index (χ3n) is 5.89. The molecule has 4 rings (SSSR count). The second kappa shape index (κ2) is 9.36. The van der Waals surface area contributed by atoms with E-state index in [-0.39, 0.29) is 24.4 Å². The Bertz CT molecular complexity index is 1160. The second-order valence-electron chi connectivity index (χ2n) is 7.63. The van der Waals surface area contributed by atoms with Crippen LogP contribution in [0.1, 0.15) is 0 Å². The van der Waals surface area contributed by atoms with E-state index in [0.717, 1.165) is 37.6 Å². The Morgan fingerprint density at radius 1 is 0.871 bits per heavy atom. The predicted molar refractivity (Wildman–Crippen MR) is 121 cm³/mol. The van der Waals surface area contributed by atoms with Crippen LogP contribution < -0.4 is 20.9 Å². The molecule has 31 heavy (non-hydrogen) atoms. The number of rotatable bonds is 7. The van der Waals surface area contributed by atoms with E-state index in [1.807, 2.05) is 18.2 Å². The normalized spacial score (nSPS) is 14.8. The van der Waals surface area contributed by atoms with E-state index >= 15 is 0 Å². The largest absolute Gasteiger partial charge is 0.495 e. The number of para-hydroxylation sites is 3. The average Bonchev–Trinajstić information content (AvgIpc) is 2.82. The van der Waals surface area contributed by atoms with Gasteiger partial charge in [-0.15, -0.1) is 0 Å². The number of hydrogen-bond acceptors (Lipinski definition) is 6. The summed E-state index contributed by atoms with van der Waals surface area (Å²) in [6.07, 6.45) is 0. The van der Waals surface area contributed by atoms with Gasteiger partial charge < -0.3 is 14.7 Å². The Hall–Kier alpha value is -3.10. The number of piperazine rings is 1. The zero-order chi connectivity index (χ0) is 21.8. The van der Waals surface area contributed by atoms with Crippen LogP contribution in [0.3, 0.4) is 0 Å². The lowest BCUT2D eigenvalue weighted by Gasteiger charge is -2.36. The van der Waals surface area contributed by atoms with Gasteiger partial charge in [0.15, 0.2) is 0 Å². The lowest BCUT2D eigenvalue weighted by Crippen LogP contribution is -2.49. The predicted octanol–water partition coefficient (Wildman–Crippen LogP) is 0.986. The first kappa shape index (κ1) is 21.1. The average molecular weight is 425 g/mol. The smallest absolute Gasteiger partial charge is 0.331 e. The van der Waals surface area contributed by atoms with Gasteiger partial charge in [-0.2, -0.15) is 0 Å². The number of aliphatic hydroxyl groups excluding tert-OH is 1. The van der Waals surface area contributed by atoms with Crippen LogP contribution in [0.4, 0.5) is 5.69 Å². The summed E-state index contributed by atoms with van der Waals surface area (Å²) in [5.41, 5.74) is 1.00. The van der Waals surface area contributed by atoms with Crippen LogP contribution in [0.2, 0.25) is 0 Å². The molecular weight excluding hydrogens is 396 g/mol. The van der Waals surface area contributed by atoms with E-state index in [2.05, 4.69) is 15.9 Å². The monoisotopic (exact) mass is 424 g/mol. The third kappa shape index (κ3) is 4.22. The maximum atomic E-state index is 12.9. The van der Waals surface area contributed by atoms with Crippen LogP contribution in [0, 0.1) is 0 Å². The van der Waals surface area contributed by atoms with Crippen LogP contribution in [-0.4, -0.2) is 65.6 Å². The Morgan fingerprint density at radius 2 is 1.58 bits per heavy atom. The van der Waals surface area contributed by atoms with Crippen molar-refractivity contribution in [1.82, 2.24) is 14.0 Å². The summed E-state index contributed by atoms with van der Waals surface area (Å²) in [6, 6.07) is 15.1. The number of hydrogen-bond donors (Lipinski definition) is 1. The number of benzene rings is 2. The van der Waals surface area contributed by atoms with Crippen molar-refractivity contribution in [2.45, 2.75) is 13.1 Å². The molecule has 164 valence electrons. The number of anilines is 1. The highest BCUT2D eigenvalue weighted by Gasteiger charge is 2.20. The van der Waals surface area contributed by atoms with Crippen molar-refractivity contribution in [2.75, 3.05) is 51.3 Å². The van der Waals surface area contributed by atoms with Crippen LogP contribution >= 0.6 is 0 Å². The highest BCUT2D eigenvalue weighted by molar-refractivity contribution is 5.77. The summed E-state index contributed by atoms with van der Waals surface area (Å²) in [5.74, 6) is 0.864. The van der Waals surface area contributed by atoms with Crippen LogP contribution in [0.25, 0.3) is 10.9 Å². The van der Waals surface area contributed by atoms with Crippen molar-refractivity contribution in [2.24, 2.45) is 0 Å². The summed E-state index contributed by atoms with van der Waals surface area (Å²) in [6.45, 7) is 4.32. The molecule has 1 N–H and O–H groups in total. The van der Waals surface area contributed by atoms with E-state index in [1.165, 1.54) is 9.13 Å². The fraction of sp³-hybridized carbons (Fsp3) is 0.391. The number of nitrogens with zero attached hydrogens (tertiary/aromatic N) is 4. The maximum Gasteiger partial charge on any atom is 0.331 e. The second-order valence-corrected chi connectivity index (χ2v) is 7.63. The molecule has 1 aromatic heterocycles. The van der Waals surface area contributed by atoms with E-state index in [0.29, 0.717) is 24.0 Å². The Balaban J connectivity index is 1.48. The van der Waals surface area contributed by atoms with Gasteiger partial charge in [-0.3, -0.25) is 18.8 Å². The van der Waals surface area contributed by atoms with Gasteiger partial charge in [-0.1, -0.05) is 24.3 Å². The maximum absolute atomic E-state index is 12.9. The van der Waals surface area contributed by atoms with Gasteiger partial charge in [0.1, 0.15) is 5.75 Å². The number of methoxy groups -OCH3 is 1. The minimum Gasteiger partial charge on any atom is -0.495 e. The molecule has 1 aliphatic rings. The SMILES string of the molecule is COc1ccccc1N1CCN(CCn2c(=O)c3ccccc3n(CCO)c2=O)CC1. The Morgan fingerprint density at radius 3 is 2.32 bits per heavy atom. The van der Waals surface area contributed by atoms with Crippen molar-refractivity contribution in [1.29, 1.82) is 0 Å². The highest BCUT2D eigenvalue weighted by atomic mass is 16.5. The summed E-state index contributed by atoms with van der Waals surface area (Å²) in [7, 11) is 1.68. The molecule has 2 aromatic carbocycles.